The average molecular weight is 398 g/mol. The molecule has 0 unspecified atom stereocenters. The van der Waals surface area contributed by atoms with E-state index < -0.39 is 5.82 Å². The Kier molecular flexibility index (Phi) is 4.64. The van der Waals surface area contributed by atoms with E-state index in [4.69, 9.17) is 4.74 Å². The second-order valence-electron chi connectivity index (χ2n) is 7.40. The van der Waals surface area contributed by atoms with Crippen LogP contribution in [0.4, 0.5) is 4.39 Å². The first-order valence-corrected chi connectivity index (χ1v) is 9.84. The van der Waals surface area contributed by atoms with Crippen molar-refractivity contribution >= 4 is 16.7 Å². The molecule has 4 nitrogen and oxygen atoms in total. The number of ether oxygens (including phenoxy) is 1. The molecule has 5 rings (SSSR count). The van der Waals surface area contributed by atoms with Gasteiger partial charge in [0, 0.05) is 35.5 Å². The normalized spacial score (nSPS) is 14.9. The Labute approximate surface area is 173 Å². The van der Waals surface area contributed by atoms with Gasteiger partial charge in [-0.2, -0.15) is 0 Å². The Morgan fingerprint density at radius 2 is 1.90 bits per heavy atom. The summed E-state index contributed by atoms with van der Waals surface area (Å²) in [5.74, 6) is -0.292. The van der Waals surface area contributed by atoms with E-state index in [1.807, 2.05) is 60.7 Å². The highest BCUT2D eigenvalue weighted by Gasteiger charge is 2.27. The van der Waals surface area contributed by atoms with Crippen LogP contribution in [0, 0.1) is 5.82 Å². The molecule has 1 aromatic heterocycles. The number of aromatic nitrogens is 1. The lowest BCUT2D eigenvalue weighted by Gasteiger charge is -2.12. The quantitative estimate of drug-likeness (QED) is 0.539. The van der Waals surface area contributed by atoms with Crippen LogP contribution in [0.5, 0.6) is 5.75 Å². The predicted molar refractivity (Wildman–Crippen MR) is 114 cm³/mol. The number of nitrogens with zero attached hydrogens (tertiary/aromatic N) is 1. The molecular weight excluding hydrogens is 379 g/mol. The lowest BCUT2D eigenvalue weighted by molar-refractivity contribution is 0.0933. The second-order valence-corrected chi connectivity index (χ2v) is 7.40. The second kappa shape index (κ2) is 7.59. The van der Waals surface area contributed by atoms with E-state index in [1.54, 1.807) is 12.4 Å². The number of pyridine rings is 1. The van der Waals surface area contributed by atoms with Crippen molar-refractivity contribution in [2.45, 2.75) is 12.5 Å². The van der Waals surface area contributed by atoms with Gasteiger partial charge in [-0.25, -0.2) is 4.39 Å². The van der Waals surface area contributed by atoms with Crippen LogP contribution in [0.3, 0.4) is 0 Å². The molecule has 0 saturated carbocycles. The number of halogens is 1. The first-order chi connectivity index (χ1) is 14.7. The van der Waals surface area contributed by atoms with Crippen LogP contribution in [0.2, 0.25) is 0 Å². The van der Waals surface area contributed by atoms with Gasteiger partial charge >= 0.3 is 0 Å². The Hall–Kier alpha value is -3.73. The van der Waals surface area contributed by atoms with E-state index in [2.05, 4.69) is 10.3 Å². The summed E-state index contributed by atoms with van der Waals surface area (Å²) in [5, 5.41) is 5.01. The molecule has 1 amide bonds. The maximum atomic E-state index is 14.6. The maximum absolute atomic E-state index is 14.6. The summed E-state index contributed by atoms with van der Waals surface area (Å²) in [5.41, 5.74) is 3.02. The largest absolute Gasteiger partial charge is 0.485 e. The molecule has 1 N–H and O–H groups in total. The van der Waals surface area contributed by atoms with Gasteiger partial charge in [-0.05, 0) is 46.7 Å². The number of hydrogen-bond donors (Lipinski definition) is 1. The monoisotopic (exact) mass is 398 g/mol. The van der Waals surface area contributed by atoms with Crippen molar-refractivity contribution in [3.05, 3.63) is 96.1 Å². The number of nitrogens with one attached hydrogen (secondary N) is 1. The summed E-state index contributed by atoms with van der Waals surface area (Å²) < 4.78 is 20.4. The summed E-state index contributed by atoms with van der Waals surface area (Å²) in [4.78, 5) is 16.7. The molecule has 5 heteroatoms. The zero-order valence-corrected chi connectivity index (χ0v) is 16.1. The first kappa shape index (κ1) is 18.3. The number of amides is 1. The van der Waals surface area contributed by atoms with Crippen molar-refractivity contribution in [2.75, 3.05) is 6.54 Å². The summed E-state index contributed by atoms with van der Waals surface area (Å²) in [6, 6.07) is 20.6. The Morgan fingerprint density at radius 3 is 2.73 bits per heavy atom. The molecule has 4 aromatic rings. The smallest absolute Gasteiger partial charge is 0.251 e. The van der Waals surface area contributed by atoms with Gasteiger partial charge < -0.3 is 10.1 Å². The molecule has 0 spiro atoms. The van der Waals surface area contributed by atoms with E-state index in [1.165, 1.54) is 6.07 Å². The molecule has 1 aliphatic rings. The van der Waals surface area contributed by atoms with Crippen LogP contribution in [0.1, 0.15) is 15.9 Å². The van der Waals surface area contributed by atoms with Crippen molar-refractivity contribution in [3.8, 4) is 16.9 Å². The number of carbonyl (C=O) groups is 1. The van der Waals surface area contributed by atoms with E-state index >= 15 is 0 Å². The van der Waals surface area contributed by atoms with Gasteiger partial charge in [0.2, 0.25) is 0 Å². The summed E-state index contributed by atoms with van der Waals surface area (Å²) in [7, 11) is 0. The number of carbonyl (C=O) groups excluding carboxylic acids is 1. The third kappa shape index (κ3) is 3.50. The predicted octanol–water partition coefficient (Wildman–Crippen LogP) is 4.77. The molecule has 0 saturated heterocycles. The molecule has 0 bridgehead atoms. The highest BCUT2D eigenvalue weighted by molar-refractivity contribution is 5.98. The minimum absolute atomic E-state index is 0.170. The number of hydrogen-bond acceptors (Lipinski definition) is 3. The van der Waals surface area contributed by atoms with Crippen molar-refractivity contribution in [1.29, 1.82) is 0 Å². The molecule has 2 heterocycles. The highest BCUT2D eigenvalue weighted by Crippen LogP contribution is 2.35. The topological polar surface area (TPSA) is 51.2 Å². The van der Waals surface area contributed by atoms with Gasteiger partial charge in [-0.15, -0.1) is 0 Å². The van der Waals surface area contributed by atoms with Crippen molar-refractivity contribution < 1.29 is 13.9 Å². The first-order valence-electron chi connectivity index (χ1n) is 9.84. The van der Waals surface area contributed by atoms with Gasteiger partial charge in [0.05, 0.1) is 6.54 Å². The summed E-state index contributed by atoms with van der Waals surface area (Å²) in [6.45, 7) is 0.308. The standard InChI is InChI=1S/C25H19FN2O2/c26-23-13-20(19-6-3-9-27-14-19)11-21-12-22(30-24(21)23)15-28-25(29)18-8-7-16-4-1-2-5-17(16)10-18/h1-11,13-14,22H,12,15H2,(H,28,29)/t22-/m0/s1. The van der Waals surface area contributed by atoms with Crippen LogP contribution in [-0.4, -0.2) is 23.5 Å². The third-order valence-corrected chi connectivity index (χ3v) is 5.35. The Bertz CT molecular complexity index is 1240. The van der Waals surface area contributed by atoms with Crippen LogP contribution in [-0.2, 0) is 6.42 Å². The molecular formula is C25H19FN2O2. The molecule has 0 aliphatic carbocycles. The van der Waals surface area contributed by atoms with E-state index in [-0.39, 0.29) is 17.8 Å². The minimum atomic E-state index is -0.394. The Morgan fingerprint density at radius 1 is 1.03 bits per heavy atom. The van der Waals surface area contributed by atoms with Gasteiger partial charge in [0.15, 0.2) is 11.6 Å². The molecule has 0 fully saturated rings. The molecule has 1 atom stereocenters. The van der Waals surface area contributed by atoms with E-state index in [0.717, 1.165) is 27.5 Å². The minimum Gasteiger partial charge on any atom is -0.485 e. The SMILES string of the molecule is O=C(NC[C@@H]1Cc2cc(-c3cccnc3)cc(F)c2O1)c1ccc2ccccc2c1. The molecule has 1 aliphatic heterocycles. The van der Waals surface area contributed by atoms with Crippen molar-refractivity contribution in [2.24, 2.45) is 0 Å². The van der Waals surface area contributed by atoms with E-state index in [0.29, 0.717) is 18.5 Å². The van der Waals surface area contributed by atoms with Crippen LogP contribution in [0.15, 0.2) is 79.1 Å². The van der Waals surface area contributed by atoms with Crippen LogP contribution in [0.25, 0.3) is 21.9 Å². The van der Waals surface area contributed by atoms with Crippen LogP contribution >= 0.6 is 0 Å². The van der Waals surface area contributed by atoms with Crippen molar-refractivity contribution in [1.82, 2.24) is 10.3 Å². The zero-order valence-electron chi connectivity index (χ0n) is 16.1. The van der Waals surface area contributed by atoms with Gasteiger partial charge in [-0.3, -0.25) is 9.78 Å². The lowest BCUT2D eigenvalue weighted by atomic mass is 10.0. The third-order valence-electron chi connectivity index (χ3n) is 5.35. The Balaban J connectivity index is 1.28. The van der Waals surface area contributed by atoms with Gasteiger partial charge in [0.25, 0.3) is 5.91 Å². The van der Waals surface area contributed by atoms with Crippen molar-refractivity contribution in [3.63, 3.8) is 0 Å². The number of fused-ring (bicyclic) bond motifs is 2. The molecule has 30 heavy (non-hydrogen) atoms. The van der Waals surface area contributed by atoms with Gasteiger partial charge in [-0.1, -0.05) is 36.4 Å². The maximum Gasteiger partial charge on any atom is 0.251 e. The fourth-order valence-corrected chi connectivity index (χ4v) is 3.84. The average Bonchev–Trinajstić information content (AvgIpc) is 3.21. The fourth-order valence-electron chi connectivity index (χ4n) is 3.84. The fraction of sp³-hybridized carbons (Fsp3) is 0.120. The number of rotatable bonds is 4. The number of benzene rings is 3. The lowest BCUT2D eigenvalue weighted by Crippen LogP contribution is -2.34. The van der Waals surface area contributed by atoms with E-state index in [9.17, 15) is 9.18 Å². The van der Waals surface area contributed by atoms with Crippen LogP contribution < -0.4 is 10.1 Å². The summed E-state index contributed by atoms with van der Waals surface area (Å²) >= 11 is 0. The highest BCUT2D eigenvalue weighted by atomic mass is 19.1. The molecule has 148 valence electrons. The molecule has 0 radical (unpaired) electrons. The zero-order chi connectivity index (χ0) is 20.5. The van der Waals surface area contributed by atoms with Gasteiger partial charge in [0.1, 0.15) is 6.10 Å². The molecule has 3 aromatic carbocycles. The summed E-state index contributed by atoms with van der Waals surface area (Å²) in [6.07, 6.45) is 3.63.